The number of carbonyl (C=O) groups is 1. The number of hydrogen-bond acceptors (Lipinski definition) is 3. The third-order valence-corrected chi connectivity index (χ3v) is 3.86. The SMILES string of the molecule is C[C@@](O)(CNC(=O)CC[C@@H]1CCCO1)c1ccc(F)cc1F. The summed E-state index contributed by atoms with van der Waals surface area (Å²) in [4.78, 5) is 11.8. The normalized spacial score (nSPS) is 20.6. The zero-order chi connectivity index (χ0) is 16.2. The molecule has 0 aromatic heterocycles. The molecule has 2 N–H and O–H groups in total. The van der Waals surface area contributed by atoms with E-state index < -0.39 is 17.2 Å². The van der Waals surface area contributed by atoms with Crippen LogP contribution in [-0.2, 0) is 15.1 Å². The molecule has 22 heavy (non-hydrogen) atoms. The van der Waals surface area contributed by atoms with Gasteiger partial charge in [0.05, 0.1) is 12.6 Å². The zero-order valence-corrected chi connectivity index (χ0v) is 12.6. The molecule has 122 valence electrons. The van der Waals surface area contributed by atoms with Gasteiger partial charge in [-0.1, -0.05) is 6.07 Å². The van der Waals surface area contributed by atoms with Crippen molar-refractivity contribution < 1.29 is 23.4 Å². The second kappa shape index (κ2) is 7.15. The van der Waals surface area contributed by atoms with Crippen molar-refractivity contribution in [2.75, 3.05) is 13.2 Å². The van der Waals surface area contributed by atoms with Gasteiger partial charge in [-0.3, -0.25) is 4.79 Å². The van der Waals surface area contributed by atoms with Crippen LogP contribution in [0.1, 0.15) is 38.2 Å². The Hall–Kier alpha value is -1.53. The van der Waals surface area contributed by atoms with E-state index in [0.29, 0.717) is 18.9 Å². The van der Waals surface area contributed by atoms with Gasteiger partial charge in [0.25, 0.3) is 0 Å². The van der Waals surface area contributed by atoms with Gasteiger partial charge >= 0.3 is 0 Å². The Bertz CT molecular complexity index is 528. The van der Waals surface area contributed by atoms with Crippen molar-refractivity contribution in [1.29, 1.82) is 0 Å². The van der Waals surface area contributed by atoms with Crippen molar-refractivity contribution in [3.8, 4) is 0 Å². The molecule has 2 atom stereocenters. The predicted octanol–water partition coefficient (Wildman–Crippen LogP) is 2.25. The summed E-state index contributed by atoms with van der Waals surface area (Å²) >= 11 is 0. The molecule has 0 radical (unpaired) electrons. The van der Waals surface area contributed by atoms with Crippen LogP contribution in [0.3, 0.4) is 0 Å². The molecule has 1 aliphatic rings. The van der Waals surface area contributed by atoms with Gasteiger partial charge in [-0.25, -0.2) is 8.78 Å². The molecule has 2 rings (SSSR count). The molecule has 1 aromatic carbocycles. The van der Waals surface area contributed by atoms with Crippen molar-refractivity contribution >= 4 is 5.91 Å². The Morgan fingerprint density at radius 2 is 2.27 bits per heavy atom. The van der Waals surface area contributed by atoms with Crippen LogP contribution < -0.4 is 5.32 Å². The standard InChI is InChI=1S/C16H21F2NO3/c1-16(21,13-6-4-11(17)9-14(13)18)10-19-15(20)7-5-12-3-2-8-22-12/h4,6,9,12,21H,2-3,5,7-8,10H2,1H3,(H,19,20)/t12-,16+/m0/s1. The molecule has 1 saturated heterocycles. The summed E-state index contributed by atoms with van der Waals surface area (Å²) in [6.07, 6.45) is 3.04. The monoisotopic (exact) mass is 313 g/mol. The fourth-order valence-corrected chi connectivity index (χ4v) is 2.54. The van der Waals surface area contributed by atoms with E-state index in [1.54, 1.807) is 0 Å². The van der Waals surface area contributed by atoms with Gasteiger partial charge in [0, 0.05) is 24.7 Å². The maximum Gasteiger partial charge on any atom is 0.220 e. The third kappa shape index (κ3) is 4.48. The minimum absolute atomic E-state index is 0.0478. The van der Waals surface area contributed by atoms with Crippen LogP contribution in [0.15, 0.2) is 18.2 Å². The number of halogens is 2. The molecule has 0 bridgehead atoms. The highest BCUT2D eigenvalue weighted by Gasteiger charge is 2.27. The van der Waals surface area contributed by atoms with E-state index >= 15 is 0 Å². The largest absolute Gasteiger partial charge is 0.383 e. The third-order valence-electron chi connectivity index (χ3n) is 3.86. The number of ether oxygens (including phenoxy) is 1. The second-order valence-corrected chi connectivity index (χ2v) is 5.85. The number of amides is 1. The molecular weight excluding hydrogens is 292 g/mol. The van der Waals surface area contributed by atoms with E-state index in [1.807, 2.05) is 0 Å². The van der Waals surface area contributed by atoms with Crippen LogP contribution in [0.4, 0.5) is 8.78 Å². The smallest absolute Gasteiger partial charge is 0.220 e. The fraction of sp³-hybridized carbons (Fsp3) is 0.562. The van der Waals surface area contributed by atoms with Crippen molar-refractivity contribution in [1.82, 2.24) is 5.32 Å². The number of hydrogen-bond donors (Lipinski definition) is 2. The van der Waals surface area contributed by atoms with Crippen molar-refractivity contribution in [3.63, 3.8) is 0 Å². The van der Waals surface area contributed by atoms with Gasteiger partial charge in [0.1, 0.15) is 17.2 Å². The average molecular weight is 313 g/mol. The van der Waals surface area contributed by atoms with Crippen LogP contribution in [0.5, 0.6) is 0 Å². The lowest BCUT2D eigenvalue weighted by atomic mass is 9.95. The Kier molecular flexibility index (Phi) is 5.47. The number of aliphatic hydroxyl groups is 1. The van der Waals surface area contributed by atoms with Gasteiger partial charge in [-0.15, -0.1) is 0 Å². The molecule has 1 aliphatic heterocycles. The van der Waals surface area contributed by atoms with Crippen molar-refractivity contribution in [2.24, 2.45) is 0 Å². The molecule has 1 fully saturated rings. The first-order valence-electron chi connectivity index (χ1n) is 7.45. The summed E-state index contributed by atoms with van der Waals surface area (Å²) in [6.45, 7) is 1.98. The molecule has 0 unspecified atom stereocenters. The minimum atomic E-state index is -1.60. The Morgan fingerprint density at radius 1 is 1.50 bits per heavy atom. The number of rotatable bonds is 6. The van der Waals surface area contributed by atoms with E-state index in [0.717, 1.165) is 25.5 Å². The molecule has 6 heteroatoms. The van der Waals surface area contributed by atoms with Crippen molar-refractivity contribution in [2.45, 2.75) is 44.3 Å². The highest BCUT2D eigenvalue weighted by atomic mass is 19.1. The maximum absolute atomic E-state index is 13.7. The van der Waals surface area contributed by atoms with E-state index in [9.17, 15) is 18.7 Å². The molecule has 0 saturated carbocycles. The second-order valence-electron chi connectivity index (χ2n) is 5.85. The predicted molar refractivity (Wildman–Crippen MR) is 77.1 cm³/mol. The lowest BCUT2D eigenvalue weighted by molar-refractivity contribution is -0.122. The first-order chi connectivity index (χ1) is 10.4. The van der Waals surface area contributed by atoms with E-state index in [-0.39, 0.29) is 24.1 Å². The van der Waals surface area contributed by atoms with E-state index in [1.165, 1.54) is 13.0 Å². The molecular formula is C16H21F2NO3. The molecule has 1 heterocycles. The average Bonchev–Trinajstić information content (AvgIpc) is 2.96. The van der Waals surface area contributed by atoms with Gasteiger partial charge < -0.3 is 15.2 Å². The van der Waals surface area contributed by atoms with Gasteiger partial charge in [-0.2, -0.15) is 0 Å². The summed E-state index contributed by atoms with van der Waals surface area (Å²) in [6, 6.07) is 2.97. The summed E-state index contributed by atoms with van der Waals surface area (Å²) in [5.74, 6) is -1.77. The molecule has 1 amide bonds. The van der Waals surface area contributed by atoms with Gasteiger partial charge in [0.15, 0.2) is 0 Å². The summed E-state index contributed by atoms with van der Waals surface area (Å²) < 4.78 is 32.0. The van der Waals surface area contributed by atoms with Gasteiger partial charge in [0.2, 0.25) is 5.91 Å². The summed E-state index contributed by atoms with van der Waals surface area (Å²) in [5, 5.41) is 12.9. The van der Waals surface area contributed by atoms with E-state index in [4.69, 9.17) is 4.74 Å². The summed E-state index contributed by atoms with van der Waals surface area (Å²) in [5.41, 5.74) is -1.65. The minimum Gasteiger partial charge on any atom is -0.383 e. The fourth-order valence-electron chi connectivity index (χ4n) is 2.54. The summed E-state index contributed by atoms with van der Waals surface area (Å²) in [7, 11) is 0. The number of nitrogens with one attached hydrogen (secondary N) is 1. The number of benzene rings is 1. The lowest BCUT2D eigenvalue weighted by Gasteiger charge is -2.25. The van der Waals surface area contributed by atoms with Gasteiger partial charge in [-0.05, 0) is 32.3 Å². The van der Waals surface area contributed by atoms with Crippen molar-refractivity contribution in [3.05, 3.63) is 35.4 Å². The molecule has 1 aromatic rings. The maximum atomic E-state index is 13.7. The molecule has 0 aliphatic carbocycles. The highest BCUT2D eigenvalue weighted by Crippen LogP contribution is 2.23. The Labute approximate surface area is 128 Å². The van der Waals surface area contributed by atoms with Crippen LogP contribution in [0.2, 0.25) is 0 Å². The Balaban J connectivity index is 1.84. The molecule has 0 spiro atoms. The van der Waals surface area contributed by atoms with Crippen LogP contribution in [0, 0.1) is 11.6 Å². The van der Waals surface area contributed by atoms with Crippen LogP contribution >= 0.6 is 0 Å². The quantitative estimate of drug-likeness (QED) is 0.847. The first kappa shape index (κ1) is 16.8. The van der Waals surface area contributed by atoms with Crippen LogP contribution in [-0.4, -0.2) is 30.3 Å². The molecule has 4 nitrogen and oxygen atoms in total. The van der Waals surface area contributed by atoms with E-state index in [2.05, 4.69) is 5.32 Å². The first-order valence-corrected chi connectivity index (χ1v) is 7.45. The lowest BCUT2D eigenvalue weighted by Crippen LogP contribution is -2.39. The highest BCUT2D eigenvalue weighted by molar-refractivity contribution is 5.76. The number of carbonyl (C=O) groups excluding carboxylic acids is 1. The Morgan fingerprint density at radius 3 is 2.91 bits per heavy atom. The topological polar surface area (TPSA) is 58.6 Å². The zero-order valence-electron chi connectivity index (χ0n) is 12.6. The van der Waals surface area contributed by atoms with Crippen LogP contribution in [0.25, 0.3) is 0 Å².